The third kappa shape index (κ3) is 4.54. The second-order valence-electron chi connectivity index (χ2n) is 4.98. The maximum atomic E-state index is 11.7. The Bertz CT molecular complexity index is 441. The highest BCUT2D eigenvalue weighted by Gasteiger charge is 2.24. The monoisotopic (exact) mass is 267 g/mol. The maximum Gasteiger partial charge on any atom is 0.258 e. The molecule has 0 fully saturated rings. The Morgan fingerprint density at radius 2 is 1.95 bits per heavy atom. The minimum absolute atomic E-state index is 0.153. The van der Waals surface area contributed by atoms with Crippen LogP contribution in [0.2, 0.25) is 0 Å². The van der Waals surface area contributed by atoms with E-state index in [2.05, 4.69) is 5.32 Å². The largest absolute Gasteiger partial charge is 0.484 e. The molecular weight excluding hydrogens is 246 g/mol. The minimum Gasteiger partial charge on any atom is -0.484 e. The number of aliphatic hydroxyl groups excluding tert-OH is 2. The maximum absolute atomic E-state index is 11.7. The van der Waals surface area contributed by atoms with Crippen molar-refractivity contribution in [1.82, 2.24) is 5.32 Å². The van der Waals surface area contributed by atoms with Crippen LogP contribution in [0, 0.1) is 13.8 Å². The van der Waals surface area contributed by atoms with Crippen LogP contribution >= 0.6 is 0 Å². The zero-order valence-electron chi connectivity index (χ0n) is 11.6. The fourth-order valence-corrected chi connectivity index (χ4v) is 1.61. The minimum atomic E-state index is -1.03. The number of amides is 1. The van der Waals surface area contributed by atoms with Gasteiger partial charge in [0.2, 0.25) is 0 Å². The van der Waals surface area contributed by atoms with Crippen LogP contribution in [-0.2, 0) is 4.79 Å². The van der Waals surface area contributed by atoms with Crippen LogP contribution in [0.25, 0.3) is 0 Å². The molecule has 5 nitrogen and oxygen atoms in total. The lowest BCUT2D eigenvalue weighted by atomic mass is 10.1. The Kier molecular flexibility index (Phi) is 5.32. The van der Waals surface area contributed by atoms with E-state index in [0.29, 0.717) is 5.75 Å². The van der Waals surface area contributed by atoms with Crippen molar-refractivity contribution in [3.8, 4) is 5.75 Å². The third-order valence-corrected chi connectivity index (χ3v) is 2.83. The lowest BCUT2D eigenvalue weighted by molar-refractivity contribution is -0.126. The summed E-state index contributed by atoms with van der Waals surface area (Å²) in [6, 6.07) is 5.69. The van der Waals surface area contributed by atoms with E-state index in [-0.39, 0.29) is 25.7 Å². The molecule has 1 aromatic carbocycles. The molecule has 19 heavy (non-hydrogen) atoms. The van der Waals surface area contributed by atoms with Crippen LogP contribution in [-0.4, -0.2) is 41.5 Å². The first-order valence-corrected chi connectivity index (χ1v) is 6.13. The molecule has 0 heterocycles. The molecule has 3 N–H and O–H groups in total. The molecule has 0 aromatic heterocycles. The van der Waals surface area contributed by atoms with E-state index in [1.807, 2.05) is 32.0 Å². The molecule has 0 bridgehead atoms. The number of hydrogen-bond donors (Lipinski definition) is 3. The third-order valence-electron chi connectivity index (χ3n) is 2.83. The van der Waals surface area contributed by atoms with Crippen LogP contribution in [0.5, 0.6) is 5.75 Å². The lowest BCUT2D eigenvalue weighted by Crippen LogP contribution is -2.53. The van der Waals surface area contributed by atoms with Crippen molar-refractivity contribution < 1.29 is 19.7 Å². The van der Waals surface area contributed by atoms with E-state index in [4.69, 9.17) is 14.9 Å². The van der Waals surface area contributed by atoms with Crippen LogP contribution < -0.4 is 10.1 Å². The second-order valence-corrected chi connectivity index (χ2v) is 4.98. The predicted molar refractivity (Wildman–Crippen MR) is 72.1 cm³/mol. The van der Waals surface area contributed by atoms with Gasteiger partial charge in [0.15, 0.2) is 6.61 Å². The highest BCUT2D eigenvalue weighted by Crippen LogP contribution is 2.18. The van der Waals surface area contributed by atoms with E-state index >= 15 is 0 Å². The van der Waals surface area contributed by atoms with Crippen LogP contribution in [0.3, 0.4) is 0 Å². The van der Waals surface area contributed by atoms with Gasteiger partial charge in [0.1, 0.15) is 5.75 Å². The van der Waals surface area contributed by atoms with Gasteiger partial charge in [0.25, 0.3) is 5.91 Å². The molecule has 0 saturated heterocycles. The summed E-state index contributed by atoms with van der Waals surface area (Å²) in [6.45, 7) is 4.63. The van der Waals surface area contributed by atoms with Gasteiger partial charge in [-0.05, 0) is 32.4 Å². The smallest absolute Gasteiger partial charge is 0.258 e. The lowest BCUT2D eigenvalue weighted by Gasteiger charge is -2.26. The van der Waals surface area contributed by atoms with Crippen molar-refractivity contribution in [2.24, 2.45) is 0 Å². The molecule has 5 heteroatoms. The summed E-state index contributed by atoms with van der Waals surface area (Å²) < 4.78 is 5.41. The molecule has 0 saturated carbocycles. The van der Waals surface area contributed by atoms with Gasteiger partial charge in [-0.25, -0.2) is 0 Å². The molecule has 106 valence electrons. The molecular formula is C14H21NO4. The normalized spacial score (nSPS) is 11.2. The van der Waals surface area contributed by atoms with Gasteiger partial charge in [0, 0.05) is 0 Å². The average molecular weight is 267 g/mol. The molecule has 1 amide bonds. The Morgan fingerprint density at radius 1 is 1.32 bits per heavy atom. The van der Waals surface area contributed by atoms with Gasteiger partial charge in [-0.15, -0.1) is 0 Å². The standard InChI is InChI=1S/C14H21NO4/c1-10-4-5-12(11(2)6-10)19-7-13(18)15-14(3,8-16)9-17/h4-6,16-17H,7-9H2,1-3H3,(H,15,18). The molecule has 0 radical (unpaired) electrons. The van der Waals surface area contributed by atoms with Crippen LogP contribution in [0.4, 0.5) is 0 Å². The van der Waals surface area contributed by atoms with Crippen molar-refractivity contribution in [2.45, 2.75) is 26.3 Å². The number of carbonyl (C=O) groups is 1. The fraction of sp³-hybridized carbons (Fsp3) is 0.500. The van der Waals surface area contributed by atoms with Gasteiger partial charge in [-0.2, -0.15) is 0 Å². The van der Waals surface area contributed by atoms with Crippen molar-refractivity contribution in [3.63, 3.8) is 0 Å². The first kappa shape index (κ1) is 15.5. The molecule has 0 unspecified atom stereocenters. The molecule has 1 rings (SSSR count). The number of benzene rings is 1. The van der Waals surface area contributed by atoms with Gasteiger partial charge in [-0.3, -0.25) is 4.79 Å². The van der Waals surface area contributed by atoms with E-state index < -0.39 is 5.54 Å². The highest BCUT2D eigenvalue weighted by atomic mass is 16.5. The van der Waals surface area contributed by atoms with E-state index in [9.17, 15) is 4.79 Å². The molecule has 0 aliphatic heterocycles. The fourth-order valence-electron chi connectivity index (χ4n) is 1.61. The van der Waals surface area contributed by atoms with Crippen molar-refractivity contribution in [1.29, 1.82) is 0 Å². The molecule has 0 aliphatic rings. The van der Waals surface area contributed by atoms with Crippen molar-refractivity contribution >= 4 is 5.91 Å². The van der Waals surface area contributed by atoms with Gasteiger partial charge in [0.05, 0.1) is 18.8 Å². The van der Waals surface area contributed by atoms with Crippen LogP contribution in [0.15, 0.2) is 18.2 Å². The molecule has 1 aromatic rings. The summed E-state index contributed by atoms with van der Waals surface area (Å²) in [5.74, 6) is 0.265. The number of hydrogen-bond acceptors (Lipinski definition) is 4. The Labute approximate surface area is 113 Å². The number of carbonyl (C=O) groups excluding carboxylic acids is 1. The number of nitrogens with one attached hydrogen (secondary N) is 1. The first-order chi connectivity index (χ1) is 8.90. The number of rotatable bonds is 6. The number of aliphatic hydroxyl groups is 2. The van der Waals surface area contributed by atoms with Crippen molar-refractivity contribution in [3.05, 3.63) is 29.3 Å². The Hall–Kier alpha value is -1.59. The van der Waals surface area contributed by atoms with Crippen molar-refractivity contribution in [2.75, 3.05) is 19.8 Å². The van der Waals surface area contributed by atoms with E-state index in [0.717, 1.165) is 11.1 Å². The van der Waals surface area contributed by atoms with Crippen LogP contribution in [0.1, 0.15) is 18.1 Å². The van der Waals surface area contributed by atoms with Gasteiger partial charge >= 0.3 is 0 Å². The zero-order valence-corrected chi connectivity index (χ0v) is 11.6. The topological polar surface area (TPSA) is 78.8 Å². The summed E-state index contributed by atoms with van der Waals surface area (Å²) in [7, 11) is 0. The summed E-state index contributed by atoms with van der Waals surface area (Å²) in [5, 5.41) is 20.7. The van der Waals surface area contributed by atoms with Gasteiger partial charge in [-0.1, -0.05) is 17.7 Å². The Morgan fingerprint density at radius 3 is 2.47 bits per heavy atom. The molecule has 0 atom stereocenters. The van der Waals surface area contributed by atoms with E-state index in [1.165, 1.54) is 0 Å². The predicted octanol–water partition coefficient (Wildman–Crippen LogP) is 0.542. The first-order valence-electron chi connectivity index (χ1n) is 6.13. The number of aryl methyl sites for hydroxylation is 2. The highest BCUT2D eigenvalue weighted by molar-refractivity contribution is 5.78. The summed E-state index contributed by atoms with van der Waals surface area (Å²) in [5.41, 5.74) is 1.06. The summed E-state index contributed by atoms with van der Waals surface area (Å²) in [6.07, 6.45) is 0. The summed E-state index contributed by atoms with van der Waals surface area (Å²) >= 11 is 0. The quantitative estimate of drug-likeness (QED) is 0.703. The zero-order chi connectivity index (χ0) is 14.5. The Balaban J connectivity index is 2.55. The second kappa shape index (κ2) is 6.54. The van der Waals surface area contributed by atoms with Gasteiger partial charge < -0.3 is 20.3 Å². The van der Waals surface area contributed by atoms with E-state index in [1.54, 1.807) is 6.92 Å². The average Bonchev–Trinajstić information content (AvgIpc) is 2.37. The summed E-state index contributed by atoms with van der Waals surface area (Å²) in [4.78, 5) is 11.7. The SMILES string of the molecule is Cc1ccc(OCC(=O)NC(C)(CO)CO)c(C)c1. The number of ether oxygens (including phenoxy) is 1. The molecule has 0 aliphatic carbocycles. The molecule has 0 spiro atoms.